The molecule has 0 aliphatic carbocycles. The number of hydrogen-bond donors (Lipinski definition) is 3. The van der Waals surface area contributed by atoms with E-state index in [-0.39, 0.29) is 17.6 Å². The maximum atomic E-state index is 13.6. The molecule has 1 aromatic heterocycles. The van der Waals surface area contributed by atoms with Crippen LogP contribution >= 0.6 is 0 Å². The Morgan fingerprint density at radius 3 is 2.54 bits per heavy atom. The summed E-state index contributed by atoms with van der Waals surface area (Å²) in [6, 6.07) is 12.9. The first kappa shape index (κ1) is 31.0. The van der Waals surface area contributed by atoms with Crippen LogP contribution in [0.3, 0.4) is 0 Å². The molecule has 9 nitrogen and oxygen atoms in total. The Labute approximate surface area is 241 Å². The zero-order valence-corrected chi connectivity index (χ0v) is 24.2. The lowest BCUT2D eigenvalue weighted by Gasteiger charge is -2.23. The molecule has 0 aliphatic heterocycles. The zero-order chi connectivity index (χ0) is 29.8. The van der Waals surface area contributed by atoms with Gasteiger partial charge in [-0.3, -0.25) is 9.59 Å². The number of carbonyl (C=O) groups excluding carboxylic acids is 2. The monoisotopic (exact) mass is 559 g/mol. The van der Waals surface area contributed by atoms with Crippen LogP contribution in [0.4, 0.5) is 27.5 Å². The molecule has 0 saturated heterocycles. The number of halogens is 1. The van der Waals surface area contributed by atoms with Crippen LogP contribution in [0.25, 0.3) is 12.2 Å². The van der Waals surface area contributed by atoms with E-state index in [4.69, 9.17) is 0 Å². The smallest absolute Gasteiger partial charge is 0.246 e. The van der Waals surface area contributed by atoms with Crippen molar-refractivity contribution in [2.24, 2.45) is 0 Å². The number of amides is 2. The predicted molar refractivity (Wildman–Crippen MR) is 164 cm³/mol. The topological polar surface area (TPSA) is 102 Å². The Morgan fingerprint density at radius 1 is 1.05 bits per heavy atom. The maximum Gasteiger partial charge on any atom is 0.246 e. The third kappa shape index (κ3) is 9.84. The fourth-order valence-corrected chi connectivity index (χ4v) is 3.66. The van der Waals surface area contributed by atoms with E-state index in [9.17, 15) is 14.0 Å². The van der Waals surface area contributed by atoms with Crippen LogP contribution in [0.5, 0.6) is 0 Å². The first-order valence-corrected chi connectivity index (χ1v) is 13.5. The van der Waals surface area contributed by atoms with Crippen molar-refractivity contribution in [1.82, 2.24) is 19.8 Å². The van der Waals surface area contributed by atoms with Crippen LogP contribution < -0.4 is 16.0 Å². The first-order chi connectivity index (χ1) is 19.7. The van der Waals surface area contributed by atoms with Crippen LogP contribution in [0.15, 0.2) is 66.9 Å². The Hall–Kier alpha value is -4.57. The molecule has 41 heavy (non-hydrogen) atoms. The summed E-state index contributed by atoms with van der Waals surface area (Å²) < 4.78 is 13.6. The second-order valence-corrected chi connectivity index (χ2v) is 9.80. The second kappa shape index (κ2) is 15.3. The predicted octanol–water partition coefficient (Wildman–Crippen LogP) is 5.25. The minimum atomic E-state index is -0.658. The highest BCUT2D eigenvalue weighted by Gasteiger charge is 2.21. The molecule has 2 aromatic carbocycles. The molecule has 10 heteroatoms. The Morgan fingerprint density at radius 2 is 1.80 bits per heavy atom. The van der Waals surface area contributed by atoms with Gasteiger partial charge in [0.05, 0.1) is 0 Å². The largest absolute Gasteiger partial charge is 0.369 e. The summed E-state index contributed by atoms with van der Waals surface area (Å²) in [7, 11) is 5.44. The lowest BCUT2D eigenvalue weighted by Crippen LogP contribution is -2.42. The highest BCUT2D eigenvalue weighted by atomic mass is 19.1. The summed E-state index contributed by atoms with van der Waals surface area (Å²) in [5, 5.41) is 9.23. The number of carbonyl (C=O) groups is 2. The lowest BCUT2D eigenvalue weighted by atomic mass is 10.1. The Kier molecular flexibility index (Phi) is 11.5. The standard InChI is InChI=1S/C31H38FN7O2/c1-6-17-33-29-24(21-34-31(37-29)36-27-13-8-11-25(32)20-27)16-15-23-10-7-12-26(19-23)35-30(41)22(2)39(5)28(40)14-9-18-38(3)4/h7-16,19-22H,6,17-18H2,1-5H3,(H,35,41)(H2,33,34,36,37)/b14-9+,16-15+/t22-/m0/s1. The van der Waals surface area contributed by atoms with Crippen LogP contribution in [-0.4, -0.2) is 71.9 Å². The van der Waals surface area contributed by atoms with Gasteiger partial charge < -0.3 is 25.8 Å². The number of hydrogen-bond acceptors (Lipinski definition) is 7. The summed E-state index contributed by atoms with van der Waals surface area (Å²) in [5.74, 6) is 0.117. The SMILES string of the molecule is CCCNc1nc(Nc2cccc(F)c2)ncc1/C=C/c1cccc(NC(=O)[C@H](C)N(C)C(=O)/C=C/CN(C)C)c1. The van der Waals surface area contributed by atoms with Crippen LogP contribution in [0.1, 0.15) is 31.4 Å². The molecule has 0 fully saturated rings. The van der Waals surface area contributed by atoms with Crippen LogP contribution in [0.2, 0.25) is 0 Å². The molecule has 216 valence electrons. The number of aromatic nitrogens is 2. The van der Waals surface area contributed by atoms with E-state index in [1.165, 1.54) is 23.1 Å². The van der Waals surface area contributed by atoms with Gasteiger partial charge >= 0.3 is 0 Å². The van der Waals surface area contributed by atoms with Crippen molar-refractivity contribution < 1.29 is 14.0 Å². The third-order valence-electron chi connectivity index (χ3n) is 6.09. The van der Waals surface area contributed by atoms with Crippen LogP contribution in [-0.2, 0) is 9.59 Å². The molecule has 1 heterocycles. The number of nitrogens with zero attached hydrogens (tertiary/aromatic N) is 4. The van der Waals surface area contributed by atoms with Gasteiger partial charge in [-0.1, -0.05) is 37.3 Å². The molecule has 0 saturated carbocycles. The average molecular weight is 560 g/mol. The molecule has 0 aliphatic rings. The van der Waals surface area contributed by atoms with Crippen molar-refractivity contribution >= 4 is 47.1 Å². The molecule has 0 radical (unpaired) electrons. The summed E-state index contributed by atoms with van der Waals surface area (Å²) >= 11 is 0. The molecular formula is C31H38FN7O2. The number of rotatable bonds is 13. The molecule has 1 atom stereocenters. The van der Waals surface area contributed by atoms with Gasteiger partial charge in [-0.15, -0.1) is 0 Å². The molecule has 3 aromatic rings. The molecule has 0 spiro atoms. The van der Waals surface area contributed by atoms with E-state index in [1.807, 2.05) is 49.3 Å². The first-order valence-electron chi connectivity index (χ1n) is 13.5. The Balaban J connectivity index is 1.70. The van der Waals surface area contributed by atoms with Gasteiger partial charge in [-0.2, -0.15) is 4.98 Å². The highest BCUT2D eigenvalue weighted by Crippen LogP contribution is 2.21. The number of nitrogens with one attached hydrogen (secondary N) is 3. The van der Waals surface area contributed by atoms with Crippen molar-refractivity contribution in [3.8, 4) is 0 Å². The van der Waals surface area contributed by atoms with E-state index in [1.54, 1.807) is 44.4 Å². The van der Waals surface area contributed by atoms with E-state index in [2.05, 4.69) is 32.8 Å². The van der Waals surface area contributed by atoms with Gasteiger partial charge in [0.2, 0.25) is 17.8 Å². The molecular weight excluding hydrogens is 521 g/mol. The van der Waals surface area contributed by atoms with E-state index in [0.717, 1.165) is 24.1 Å². The minimum absolute atomic E-state index is 0.238. The van der Waals surface area contributed by atoms with E-state index in [0.29, 0.717) is 29.7 Å². The summed E-state index contributed by atoms with van der Waals surface area (Å²) in [6.45, 7) is 5.11. The van der Waals surface area contributed by atoms with Gasteiger partial charge in [-0.05, 0) is 69.4 Å². The number of likely N-dealkylation sites (N-methyl/N-ethyl adjacent to an activating group) is 2. The zero-order valence-electron chi connectivity index (χ0n) is 24.2. The quantitative estimate of drug-likeness (QED) is 0.246. The Bertz CT molecular complexity index is 1390. The van der Waals surface area contributed by atoms with Crippen molar-refractivity contribution in [3.05, 3.63) is 83.8 Å². The van der Waals surface area contributed by atoms with Crippen molar-refractivity contribution in [3.63, 3.8) is 0 Å². The number of anilines is 4. The molecule has 3 N–H and O–H groups in total. The highest BCUT2D eigenvalue weighted by molar-refractivity contribution is 5.98. The molecule has 0 unspecified atom stereocenters. The molecule has 3 rings (SSSR count). The van der Waals surface area contributed by atoms with Crippen molar-refractivity contribution in [2.75, 3.05) is 50.2 Å². The van der Waals surface area contributed by atoms with Crippen LogP contribution in [0, 0.1) is 5.82 Å². The van der Waals surface area contributed by atoms with E-state index < -0.39 is 6.04 Å². The van der Waals surface area contributed by atoms with Crippen molar-refractivity contribution in [2.45, 2.75) is 26.3 Å². The van der Waals surface area contributed by atoms with Crippen molar-refractivity contribution in [1.29, 1.82) is 0 Å². The fraction of sp³-hybridized carbons (Fsp3) is 0.290. The maximum absolute atomic E-state index is 13.6. The van der Waals surface area contributed by atoms with Gasteiger partial charge in [-0.25, -0.2) is 9.37 Å². The summed E-state index contributed by atoms with van der Waals surface area (Å²) in [6.07, 6.45) is 9.64. The van der Waals surface area contributed by atoms with E-state index >= 15 is 0 Å². The average Bonchev–Trinajstić information content (AvgIpc) is 2.94. The fourth-order valence-electron chi connectivity index (χ4n) is 3.66. The normalized spacial score (nSPS) is 12.1. The van der Waals surface area contributed by atoms with Gasteiger partial charge in [0.15, 0.2) is 0 Å². The minimum Gasteiger partial charge on any atom is -0.369 e. The third-order valence-corrected chi connectivity index (χ3v) is 6.09. The van der Waals surface area contributed by atoms with Gasteiger partial charge in [0.1, 0.15) is 17.7 Å². The lowest BCUT2D eigenvalue weighted by molar-refractivity contribution is -0.132. The van der Waals surface area contributed by atoms with Gasteiger partial charge in [0, 0.05) is 49.3 Å². The van der Waals surface area contributed by atoms with Gasteiger partial charge in [0.25, 0.3) is 0 Å². The molecule has 0 bridgehead atoms. The summed E-state index contributed by atoms with van der Waals surface area (Å²) in [5.41, 5.74) is 2.80. The summed E-state index contributed by atoms with van der Waals surface area (Å²) in [4.78, 5) is 37.6. The second-order valence-electron chi connectivity index (χ2n) is 9.80. The number of benzene rings is 2. The molecule has 2 amide bonds.